The zero-order valence-electron chi connectivity index (χ0n) is 18.9. The summed E-state index contributed by atoms with van der Waals surface area (Å²) in [6.07, 6.45) is 6.56. The van der Waals surface area contributed by atoms with Gasteiger partial charge in [0.1, 0.15) is 5.65 Å². The number of halogens is 1. The second-order valence-electron chi connectivity index (χ2n) is 9.61. The number of aromatic nitrogens is 3. The van der Waals surface area contributed by atoms with Gasteiger partial charge in [0.2, 0.25) is 5.95 Å². The number of nitrogens with one attached hydrogen (secondary N) is 1. The van der Waals surface area contributed by atoms with Gasteiger partial charge in [0.05, 0.1) is 10.1 Å². The molecule has 9 heteroatoms. The molecule has 2 aliphatic rings. The molecule has 0 aliphatic heterocycles. The lowest BCUT2D eigenvalue weighted by atomic mass is 10.00. The van der Waals surface area contributed by atoms with Crippen LogP contribution in [0.1, 0.15) is 57.6 Å². The van der Waals surface area contributed by atoms with Crippen molar-refractivity contribution in [1.29, 1.82) is 0 Å². The van der Waals surface area contributed by atoms with E-state index in [1.807, 2.05) is 6.92 Å². The Morgan fingerprint density at radius 1 is 1.21 bits per heavy atom. The molecule has 2 aromatic heterocycles. The van der Waals surface area contributed by atoms with E-state index in [2.05, 4.69) is 15.3 Å². The predicted octanol–water partition coefficient (Wildman–Crippen LogP) is 4.67. The van der Waals surface area contributed by atoms with Crippen LogP contribution < -0.4 is 10.9 Å². The van der Waals surface area contributed by atoms with Gasteiger partial charge in [-0.05, 0) is 81.7 Å². The van der Waals surface area contributed by atoms with Crippen LogP contribution in [-0.4, -0.2) is 28.2 Å². The lowest BCUT2D eigenvalue weighted by molar-refractivity contribution is 0.352. The number of fused-ring (bicyclic) bond motifs is 1. The van der Waals surface area contributed by atoms with Crippen LogP contribution in [0.25, 0.3) is 11.0 Å². The number of anilines is 2. The molecule has 1 atom stereocenters. The van der Waals surface area contributed by atoms with Crippen LogP contribution >= 0.6 is 0 Å². The standard InChI is InChI=1S/C24H27FN4O3S/c1-14(2)33(31,32)17-6-7-19(15(3)11-17)27-23-26-13-16-12-18(25)22(30)29(21(16)28-23)20-5-4-8-24(20)9-10-24/h6-7,11-14,20H,4-5,8-10H2,1-3H3,(H,26,27,28). The van der Waals surface area contributed by atoms with Gasteiger partial charge in [-0.15, -0.1) is 0 Å². The molecule has 3 aromatic rings. The molecule has 2 aliphatic carbocycles. The van der Waals surface area contributed by atoms with Gasteiger partial charge >= 0.3 is 0 Å². The normalized spacial score (nSPS) is 19.5. The minimum absolute atomic E-state index is 0.0480. The van der Waals surface area contributed by atoms with Gasteiger partial charge in [-0.3, -0.25) is 9.36 Å². The molecule has 2 heterocycles. The van der Waals surface area contributed by atoms with Gasteiger partial charge in [0, 0.05) is 23.3 Å². The van der Waals surface area contributed by atoms with Crippen molar-refractivity contribution in [2.45, 2.75) is 69.1 Å². The van der Waals surface area contributed by atoms with Gasteiger partial charge < -0.3 is 5.32 Å². The Labute approximate surface area is 192 Å². The second kappa shape index (κ2) is 7.62. The summed E-state index contributed by atoms with van der Waals surface area (Å²) in [6, 6.07) is 6.02. The van der Waals surface area contributed by atoms with E-state index in [0.29, 0.717) is 16.7 Å². The molecule has 33 heavy (non-hydrogen) atoms. The molecule has 5 rings (SSSR count). The number of nitrogens with zero attached hydrogens (tertiary/aromatic N) is 3. The zero-order valence-corrected chi connectivity index (χ0v) is 19.7. The zero-order chi connectivity index (χ0) is 23.5. The fourth-order valence-corrected chi connectivity index (χ4v) is 6.19. The summed E-state index contributed by atoms with van der Waals surface area (Å²) in [5.74, 6) is -0.514. The van der Waals surface area contributed by atoms with Crippen LogP contribution in [0, 0.1) is 18.2 Å². The number of benzene rings is 1. The molecule has 0 amide bonds. The van der Waals surface area contributed by atoms with Crippen molar-refractivity contribution in [1.82, 2.24) is 14.5 Å². The number of pyridine rings is 1. The largest absolute Gasteiger partial charge is 0.324 e. The highest BCUT2D eigenvalue weighted by Gasteiger charge is 2.53. The number of sulfone groups is 1. The Bertz CT molecular complexity index is 1430. The SMILES string of the molecule is Cc1cc(S(=O)(=O)C(C)C)ccc1Nc1ncc2cc(F)c(=O)n(C3CCCC34CC4)c2n1. The molecule has 0 saturated heterocycles. The molecule has 2 fully saturated rings. The molecular weight excluding hydrogens is 443 g/mol. The Kier molecular flexibility index (Phi) is 5.08. The minimum Gasteiger partial charge on any atom is -0.324 e. The first-order valence-electron chi connectivity index (χ1n) is 11.3. The molecule has 2 saturated carbocycles. The summed E-state index contributed by atoms with van der Waals surface area (Å²) in [6.45, 7) is 5.11. The van der Waals surface area contributed by atoms with E-state index in [-0.39, 0.29) is 22.3 Å². The van der Waals surface area contributed by atoms with Crippen molar-refractivity contribution in [2.75, 3.05) is 5.32 Å². The lowest BCUT2D eigenvalue weighted by Gasteiger charge is -2.23. The molecule has 1 N–H and O–H groups in total. The van der Waals surface area contributed by atoms with Crippen LogP contribution in [0.3, 0.4) is 0 Å². The van der Waals surface area contributed by atoms with Crippen molar-refractivity contribution in [3.05, 3.63) is 52.2 Å². The highest BCUT2D eigenvalue weighted by atomic mass is 32.2. The predicted molar refractivity (Wildman–Crippen MR) is 125 cm³/mol. The van der Waals surface area contributed by atoms with Gasteiger partial charge in [-0.2, -0.15) is 4.98 Å². The summed E-state index contributed by atoms with van der Waals surface area (Å²) in [5.41, 5.74) is 1.27. The monoisotopic (exact) mass is 470 g/mol. The van der Waals surface area contributed by atoms with Crippen LogP contribution in [0.2, 0.25) is 0 Å². The number of hydrogen-bond acceptors (Lipinski definition) is 6. The molecule has 1 unspecified atom stereocenters. The van der Waals surface area contributed by atoms with Gasteiger partial charge in [-0.1, -0.05) is 6.42 Å². The summed E-state index contributed by atoms with van der Waals surface area (Å²) >= 11 is 0. The number of rotatable bonds is 5. The lowest BCUT2D eigenvalue weighted by Crippen LogP contribution is -2.30. The molecule has 0 bridgehead atoms. The topological polar surface area (TPSA) is 94.0 Å². The van der Waals surface area contributed by atoms with Crippen molar-refractivity contribution >= 4 is 32.5 Å². The van der Waals surface area contributed by atoms with E-state index in [1.54, 1.807) is 36.6 Å². The number of aryl methyl sites for hydroxylation is 1. The van der Waals surface area contributed by atoms with Crippen molar-refractivity contribution in [2.24, 2.45) is 5.41 Å². The average Bonchev–Trinajstić information content (AvgIpc) is 3.43. The Hall–Kier alpha value is -2.81. The molecule has 0 radical (unpaired) electrons. The van der Waals surface area contributed by atoms with Crippen LogP contribution in [0.15, 0.2) is 40.2 Å². The smallest absolute Gasteiger partial charge is 0.288 e. The Morgan fingerprint density at radius 2 is 1.97 bits per heavy atom. The van der Waals surface area contributed by atoms with Crippen LogP contribution in [-0.2, 0) is 9.84 Å². The minimum atomic E-state index is -3.38. The van der Waals surface area contributed by atoms with E-state index in [0.717, 1.165) is 37.7 Å². The summed E-state index contributed by atoms with van der Waals surface area (Å²) in [5, 5.41) is 3.10. The molecule has 174 valence electrons. The maximum Gasteiger partial charge on any atom is 0.288 e. The summed E-state index contributed by atoms with van der Waals surface area (Å²) in [4.78, 5) is 22.0. The molecule has 1 aromatic carbocycles. The van der Waals surface area contributed by atoms with Crippen molar-refractivity contribution < 1.29 is 12.8 Å². The third-order valence-corrected chi connectivity index (χ3v) is 9.34. The molecular formula is C24H27FN4O3S. The Balaban J connectivity index is 1.55. The fraction of sp³-hybridized carbons (Fsp3) is 0.458. The first-order chi connectivity index (χ1) is 15.6. The van der Waals surface area contributed by atoms with Gasteiger partial charge in [0.25, 0.3) is 5.56 Å². The quantitative estimate of drug-likeness (QED) is 0.582. The summed E-state index contributed by atoms with van der Waals surface area (Å²) < 4.78 is 41.0. The van der Waals surface area contributed by atoms with E-state index < -0.39 is 26.5 Å². The maximum absolute atomic E-state index is 14.5. The highest BCUT2D eigenvalue weighted by Crippen LogP contribution is 2.63. The number of hydrogen-bond donors (Lipinski definition) is 1. The van der Waals surface area contributed by atoms with E-state index in [9.17, 15) is 17.6 Å². The van der Waals surface area contributed by atoms with Crippen LogP contribution in [0.5, 0.6) is 0 Å². The first kappa shape index (κ1) is 22.0. The second-order valence-corrected chi connectivity index (χ2v) is 12.1. The average molecular weight is 471 g/mol. The van der Waals surface area contributed by atoms with Gasteiger partial charge in [-0.25, -0.2) is 17.8 Å². The summed E-state index contributed by atoms with van der Waals surface area (Å²) in [7, 11) is -3.38. The van der Waals surface area contributed by atoms with E-state index in [4.69, 9.17) is 0 Å². The third kappa shape index (κ3) is 3.62. The molecule has 7 nitrogen and oxygen atoms in total. The van der Waals surface area contributed by atoms with Crippen LogP contribution in [0.4, 0.5) is 16.0 Å². The van der Waals surface area contributed by atoms with Crippen molar-refractivity contribution in [3.63, 3.8) is 0 Å². The van der Waals surface area contributed by atoms with E-state index in [1.165, 1.54) is 12.3 Å². The third-order valence-electron chi connectivity index (χ3n) is 7.19. The molecule has 1 spiro atoms. The van der Waals surface area contributed by atoms with Gasteiger partial charge in [0.15, 0.2) is 15.7 Å². The fourth-order valence-electron chi connectivity index (χ4n) is 5.05. The first-order valence-corrected chi connectivity index (χ1v) is 12.9. The maximum atomic E-state index is 14.5. The Morgan fingerprint density at radius 3 is 2.64 bits per heavy atom. The van der Waals surface area contributed by atoms with E-state index >= 15 is 0 Å². The van der Waals surface area contributed by atoms with Crippen molar-refractivity contribution in [3.8, 4) is 0 Å². The highest BCUT2D eigenvalue weighted by molar-refractivity contribution is 7.92.